The lowest BCUT2D eigenvalue weighted by molar-refractivity contribution is -0.116. The van der Waals surface area contributed by atoms with Crippen LogP contribution in [0.1, 0.15) is 18.1 Å². The van der Waals surface area contributed by atoms with Crippen molar-refractivity contribution in [1.29, 1.82) is 0 Å². The monoisotopic (exact) mass is 418 g/mol. The number of hydrogen-bond donors (Lipinski definition) is 0. The van der Waals surface area contributed by atoms with Crippen LogP contribution >= 0.6 is 11.8 Å². The Morgan fingerprint density at radius 2 is 2.03 bits per heavy atom. The molecule has 0 aliphatic carbocycles. The minimum Gasteiger partial charge on any atom is -0.497 e. The summed E-state index contributed by atoms with van der Waals surface area (Å²) in [5, 5.41) is 10.5. The first kappa shape index (κ1) is 18.9. The number of benzene rings is 2. The first-order valence-electron chi connectivity index (χ1n) is 9.92. The molecule has 7 heteroatoms. The fraction of sp³-hybridized carbons (Fsp3) is 0.261. The number of fused-ring (bicyclic) bond motifs is 4. The van der Waals surface area contributed by atoms with Crippen molar-refractivity contribution in [3.05, 3.63) is 59.7 Å². The minimum absolute atomic E-state index is 0.0863. The second-order valence-electron chi connectivity index (χ2n) is 7.62. The van der Waals surface area contributed by atoms with Crippen LogP contribution in [-0.4, -0.2) is 39.4 Å². The molecule has 1 atom stereocenters. The van der Waals surface area contributed by atoms with E-state index in [1.807, 2.05) is 51.8 Å². The molecule has 6 nitrogen and oxygen atoms in total. The molecule has 2 aromatic heterocycles. The van der Waals surface area contributed by atoms with Crippen LogP contribution in [0.25, 0.3) is 16.6 Å². The highest BCUT2D eigenvalue weighted by atomic mass is 32.2. The Kier molecular flexibility index (Phi) is 4.62. The quantitative estimate of drug-likeness (QED) is 0.463. The summed E-state index contributed by atoms with van der Waals surface area (Å²) in [7, 11) is 1.66. The molecular weight excluding hydrogens is 396 g/mol. The standard InChI is InChI=1S/C23H22N4O2S/c1-14-10-21-24-25-23(27(21)20-12-17(29-3)8-9-18(14)20)30-13-22(28)26-15(2)11-16-6-4-5-7-19(16)26/h4-10,12,15H,11,13H2,1-3H3. The summed E-state index contributed by atoms with van der Waals surface area (Å²) in [5.74, 6) is 1.17. The number of hydrogen-bond acceptors (Lipinski definition) is 5. The number of nitrogens with zero attached hydrogens (tertiary/aromatic N) is 4. The van der Waals surface area contributed by atoms with E-state index in [2.05, 4.69) is 30.1 Å². The lowest BCUT2D eigenvalue weighted by Gasteiger charge is -2.22. The molecule has 0 saturated heterocycles. The van der Waals surface area contributed by atoms with Gasteiger partial charge in [0.15, 0.2) is 10.8 Å². The van der Waals surface area contributed by atoms with E-state index in [0.717, 1.165) is 40.0 Å². The molecule has 0 bridgehead atoms. The molecule has 1 amide bonds. The predicted molar refractivity (Wildman–Crippen MR) is 120 cm³/mol. The highest BCUT2D eigenvalue weighted by molar-refractivity contribution is 7.99. The number of thioether (sulfide) groups is 1. The molecule has 5 rings (SSSR count). The molecule has 2 aromatic carbocycles. The molecule has 1 aliphatic rings. The Morgan fingerprint density at radius 3 is 2.87 bits per heavy atom. The van der Waals surface area contributed by atoms with Crippen LogP contribution in [0.3, 0.4) is 0 Å². The van der Waals surface area contributed by atoms with Gasteiger partial charge < -0.3 is 9.64 Å². The van der Waals surface area contributed by atoms with Crippen LogP contribution in [0.4, 0.5) is 5.69 Å². The van der Waals surface area contributed by atoms with E-state index in [0.29, 0.717) is 10.9 Å². The molecule has 0 N–H and O–H groups in total. The molecule has 3 heterocycles. The van der Waals surface area contributed by atoms with E-state index in [9.17, 15) is 4.79 Å². The van der Waals surface area contributed by atoms with Gasteiger partial charge in [0.2, 0.25) is 5.91 Å². The SMILES string of the molecule is COc1ccc2c(C)cc3nnc(SCC(=O)N4c5ccccc5CC4C)n3c2c1. The van der Waals surface area contributed by atoms with Crippen molar-refractivity contribution >= 4 is 39.9 Å². The Bertz CT molecular complexity index is 1280. The Morgan fingerprint density at radius 1 is 1.20 bits per heavy atom. The maximum atomic E-state index is 13.1. The van der Waals surface area contributed by atoms with Gasteiger partial charge in [0, 0.05) is 23.2 Å². The summed E-state index contributed by atoms with van der Waals surface area (Å²) < 4.78 is 7.42. The number of carbonyl (C=O) groups is 1. The zero-order chi connectivity index (χ0) is 20.8. The van der Waals surface area contributed by atoms with Gasteiger partial charge in [0.05, 0.1) is 18.4 Å². The Hall–Kier alpha value is -3.06. The van der Waals surface area contributed by atoms with Gasteiger partial charge in [-0.1, -0.05) is 30.0 Å². The zero-order valence-electron chi connectivity index (χ0n) is 17.1. The molecule has 30 heavy (non-hydrogen) atoms. The van der Waals surface area contributed by atoms with Gasteiger partial charge in [-0.15, -0.1) is 10.2 Å². The summed E-state index contributed by atoms with van der Waals surface area (Å²) in [6.07, 6.45) is 0.893. The largest absolute Gasteiger partial charge is 0.497 e. The lowest BCUT2D eigenvalue weighted by atomic mass is 10.1. The molecule has 0 fully saturated rings. The number of aryl methyl sites for hydroxylation is 1. The number of para-hydroxylation sites is 1. The van der Waals surface area contributed by atoms with Gasteiger partial charge in [0.25, 0.3) is 0 Å². The third-order valence-corrected chi connectivity index (χ3v) is 6.59. The highest BCUT2D eigenvalue weighted by Crippen LogP contribution is 2.33. The van der Waals surface area contributed by atoms with Gasteiger partial charge in [-0.05, 0) is 55.7 Å². The van der Waals surface area contributed by atoms with E-state index in [-0.39, 0.29) is 11.9 Å². The lowest BCUT2D eigenvalue weighted by Crippen LogP contribution is -2.37. The van der Waals surface area contributed by atoms with Crippen LogP contribution < -0.4 is 9.64 Å². The van der Waals surface area contributed by atoms with Crippen LogP contribution in [0, 0.1) is 6.92 Å². The average Bonchev–Trinajstić information content (AvgIpc) is 3.31. The second kappa shape index (κ2) is 7.32. The molecule has 152 valence electrons. The summed E-state index contributed by atoms with van der Waals surface area (Å²) in [4.78, 5) is 15.0. The molecule has 0 saturated carbocycles. The molecule has 4 aromatic rings. The van der Waals surface area contributed by atoms with Crippen LogP contribution in [0.2, 0.25) is 0 Å². The number of anilines is 1. The van der Waals surface area contributed by atoms with Crippen molar-refractivity contribution in [2.24, 2.45) is 0 Å². The Balaban J connectivity index is 1.48. The van der Waals surface area contributed by atoms with Crippen molar-refractivity contribution in [2.75, 3.05) is 17.8 Å². The number of pyridine rings is 1. The van der Waals surface area contributed by atoms with Gasteiger partial charge in [0.1, 0.15) is 5.75 Å². The maximum Gasteiger partial charge on any atom is 0.237 e. The molecule has 1 aliphatic heterocycles. The third kappa shape index (κ3) is 3.01. The maximum absolute atomic E-state index is 13.1. The fourth-order valence-corrected chi connectivity index (χ4v) is 5.08. The van der Waals surface area contributed by atoms with Gasteiger partial charge in [-0.25, -0.2) is 0 Å². The molecule has 0 radical (unpaired) electrons. The minimum atomic E-state index is 0.0863. The number of methoxy groups -OCH3 is 1. The first-order chi connectivity index (χ1) is 14.6. The van der Waals surface area contributed by atoms with Crippen molar-refractivity contribution < 1.29 is 9.53 Å². The number of ether oxygens (including phenoxy) is 1. The summed E-state index contributed by atoms with van der Waals surface area (Å²) in [5.41, 5.74) is 5.12. The first-order valence-corrected chi connectivity index (χ1v) is 10.9. The topological polar surface area (TPSA) is 59.7 Å². The van der Waals surface area contributed by atoms with Gasteiger partial charge in [-0.2, -0.15) is 0 Å². The van der Waals surface area contributed by atoms with E-state index in [1.165, 1.54) is 17.3 Å². The summed E-state index contributed by atoms with van der Waals surface area (Å²) in [6, 6.07) is 16.3. The van der Waals surface area contributed by atoms with Crippen LogP contribution in [0.15, 0.2) is 53.7 Å². The smallest absolute Gasteiger partial charge is 0.237 e. The predicted octanol–water partition coefficient (Wildman–Crippen LogP) is 4.27. The normalized spacial score (nSPS) is 15.7. The number of carbonyl (C=O) groups excluding carboxylic acids is 1. The average molecular weight is 419 g/mol. The van der Waals surface area contributed by atoms with E-state index in [1.54, 1.807) is 7.11 Å². The van der Waals surface area contributed by atoms with Crippen molar-refractivity contribution in [2.45, 2.75) is 31.5 Å². The van der Waals surface area contributed by atoms with Crippen molar-refractivity contribution in [3.8, 4) is 5.75 Å². The Labute approximate surface area is 178 Å². The van der Waals surface area contributed by atoms with Crippen LogP contribution in [0.5, 0.6) is 5.75 Å². The zero-order valence-corrected chi connectivity index (χ0v) is 17.9. The molecule has 0 spiro atoms. The van der Waals surface area contributed by atoms with E-state index in [4.69, 9.17) is 4.74 Å². The summed E-state index contributed by atoms with van der Waals surface area (Å²) in [6.45, 7) is 4.16. The van der Waals surface area contributed by atoms with Crippen molar-refractivity contribution in [1.82, 2.24) is 14.6 Å². The molecule has 1 unspecified atom stereocenters. The number of aromatic nitrogens is 3. The van der Waals surface area contributed by atoms with Crippen molar-refractivity contribution in [3.63, 3.8) is 0 Å². The fourth-order valence-electron chi connectivity index (χ4n) is 4.26. The molecular formula is C23H22N4O2S. The number of amides is 1. The highest BCUT2D eigenvalue weighted by Gasteiger charge is 2.30. The summed E-state index contributed by atoms with van der Waals surface area (Å²) >= 11 is 1.42. The van der Waals surface area contributed by atoms with E-state index >= 15 is 0 Å². The van der Waals surface area contributed by atoms with E-state index < -0.39 is 0 Å². The number of rotatable bonds is 4. The van der Waals surface area contributed by atoms with Gasteiger partial charge >= 0.3 is 0 Å². The van der Waals surface area contributed by atoms with Crippen LogP contribution in [-0.2, 0) is 11.2 Å². The van der Waals surface area contributed by atoms with Gasteiger partial charge in [-0.3, -0.25) is 9.20 Å². The second-order valence-corrected chi connectivity index (χ2v) is 8.56. The third-order valence-electron chi connectivity index (χ3n) is 5.68.